The molecule has 3 rings (SSSR count). The quantitative estimate of drug-likeness (QED) is 0.588. The molecule has 0 atom stereocenters. The zero-order valence-corrected chi connectivity index (χ0v) is 9.47. The molecule has 0 unspecified atom stereocenters. The van der Waals surface area contributed by atoms with Crippen molar-refractivity contribution in [1.82, 2.24) is 0 Å². The molecule has 2 aliphatic rings. The minimum atomic E-state index is 0.904. The molecule has 0 saturated carbocycles. The van der Waals surface area contributed by atoms with Crippen LogP contribution in [-0.4, -0.2) is 0 Å². The van der Waals surface area contributed by atoms with Gasteiger partial charge in [-0.15, -0.1) is 0 Å². The molecule has 0 amide bonds. The predicted molar refractivity (Wildman–Crippen MR) is 64.3 cm³/mol. The topological polar surface area (TPSA) is 0 Å². The molecule has 0 bridgehead atoms. The number of hydrogen-bond donors (Lipinski definition) is 0. The Hall–Kier alpha value is -0.780. The van der Waals surface area contributed by atoms with Crippen molar-refractivity contribution in [2.24, 2.45) is 0 Å². The SMILES string of the molecule is c1cc2c3c(c1)CCCCC3CCCC2. The Balaban J connectivity index is 2.11. The van der Waals surface area contributed by atoms with Gasteiger partial charge in [-0.25, -0.2) is 0 Å². The molecule has 0 nitrogen and oxygen atoms in total. The van der Waals surface area contributed by atoms with Crippen molar-refractivity contribution in [2.75, 3.05) is 0 Å². The Morgan fingerprint density at radius 2 is 1.40 bits per heavy atom. The molecular formula is C15H20. The van der Waals surface area contributed by atoms with Gasteiger partial charge in [-0.1, -0.05) is 31.0 Å². The van der Waals surface area contributed by atoms with E-state index >= 15 is 0 Å². The van der Waals surface area contributed by atoms with Crippen LogP contribution in [0.3, 0.4) is 0 Å². The Bertz CT molecular complexity index is 321. The van der Waals surface area contributed by atoms with Crippen LogP contribution in [0.1, 0.15) is 61.1 Å². The van der Waals surface area contributed by atoms with E-state index in [2.05, 4.69) is 18.2 Å². The lowest BCUT2D eigenvalue weighted by Gasteiger charge is -2.18. The summed E-state index contributed by atoms with van der Waals surface area (Å²) in [6.45, 7) is 0. The largest absolute Gasteiger partial charge is 0.0617 e. The van der Waals surface area contributed by atoms with Gasteiger partial charge < -0.3 is 0 Å². The number of benzene rings is 1. The van der Waals surface area contributed by atoms with Gasteiger partial charge in [0.1, 0.15) is 0 Å². The molecule has 1 aromatic rings. The van der Waals surface area contributed by atoms with Crippen LogP contribution < -0.4 is 0 Å². The lowest BCUT2D eigenvalue weighted by atomic mass is 9.87. The Kier molecular flexibility index (Phi) is 2.52. The highest BCUT2D eigenvalue weighted by Crippen LogP contribution is 2.38. The molecule has 0 spiro atoms. The fourth-order valence-corrected chi connectivity index (χ4v) is 3.47. The molecule has 0 heterocycles. The molecule has 15 heavy (non-hydrogen) atoms. The summed E-state index contributed by atoms with van der Waals surface area (Å²) in [4.78, 5) is 0. The normalized spacial score (nSPS) is 21.6. The monoisotopic (exact) mass is 200 g/mol. The summed E-state index contributed by atoms with van der Waals surface area (Å²) in [6.07, 6.45) is 11.3. The third-order valence-corrected chi connectivity index (χ3v) is 4.19. The standard InChI is InChI=1S/C15H20/c1-3-8-13-10-5-11-14-9-4-2-7-12(6-1)15(13)14/h5,10-12H,1-4,6-9H2. The first-order chi connectivity index (χ1) is 7.45. The number of rotatable bonds is 0. The Labute approximate surface area is 92.7 Å². The average Bonchev–Trinajstić information content (AvgIpc) is 2.58. The lowest BCUT2D eigenvalue weighted by Crippen LogP contribution is -2.01. The zero-order valence-electron chi connectivity index (χ0n) is 9.47. The first kappa shape index (κ1) is 9.45. The maximum atomic E-state index is 2.38. The van der Waals surface area contributed by atoms with Gasteiger partial charge in [-0.3, -0.25) is 0 Å². The summed E-state index contributed by atoms with van der Waals surface area (Å²) in [6, 6.07) is 7.03. The van der Waals surface area contributed by atoms with Crippen molar-refractivity contribution < 1.29 is 0 Å². The first-order valence-electron chi connectivity index (χ1n) is 6.56. The van der Waals surface area contributed by atoms with Crippen LogP contribution in [0.2, 0.25) is 0 Å². The third-order valence-electron chi connectivity index (χ3n) is 4.19. The van der Waals surface area contributed by atoms with Gasteiger partial charge in [0.25, 0.3) is 0 Å². The highest BCUT2D eigenvalue weighted by Gasteiger charge is 2.23. The van der Waals surface area contributed by atoms with E-state index in [-0.39, 0.29) is 0 Å². The minimum Gasteiger partial charge on any atom is -0.0617 e. The van der Waals surface area contributed by atoms with Gasteiger partial charge in [-0.2, -0.15) is 0 Å². The molecule has 0 fully saturated rings. The molecular weight excluding hydrogens is 180 g/mol. The summed E-state index contributed by atoms with van der Waals surface area (Å²) in [5.41, 5.74) is 5.13. The second-order valence-electron chi connectivity index (χ2n) is 5.18. The van der Waals surface area contributed by atoms with Crippen LogP contribution in [0, 0.1) is 0 Å². The number of aryl methyl sites for hydroxylation is 2. The van der Waals surface area contributed by atoms with Gasteiger partial charge in [-0.05, 0) is 61.1 Å². The highest BCUT2D eigenvalue weighted by atomic mass is 14.3. The second kappa shape index (κ2) is 4.00. The third kappa shape index (κ3) is 1.71. The van der Waals surface area contributed by atoms with Crippen LogP contribution in [0.5, 0.6) is 0 Å². The van der Waals surface area contributed by atoms with Crippen molar-refractivity contribution in [3.8, 4) is 0 Å². The fraction of sp³-hybridized carbons (Fsp3) is 0.600. The van der Waals surface area contributed by atoms with Crippen LogP contribution >= 0.6 is 0 Å². The Morgan fingerprint density at radius 1 is 0.800 bits per heavy atom. The van der Waals surface area contributed by atoms with Gasteiger partial charge in [0.2, 0.25) is 0 Å². The van der Waals surface area contributed by atoms with Crippen LogP contribution in [0.25, 0.3) is 0 Å². The summed E-state index contributed by atoms with van der Waals surface area (Å²) >= 11 is 0. The average molecular weight is 200 g/mol. The van der Waals surface area contributed by atoms with Crippen molar-refractivity contribution >= 4 is 0 Å². The first-order valence-corrected chi connectivity index (χ1v) is 6.56. The van der Waals surface area contributed by atoms with Gasteiger partial charge >= 0.3 is 0 Å². The molecule has 0 aromatic heterocycles. The maximum Gasteiger partial charge on any atom is -0.0156 e. The van der Waals surface area contributed by atoms with Gasteiger partial charge in [0, 0.05) is 0 Å². The van der Waals surface area contributed by atoms with Gasteiger partial charge in [0.05, 0.1) is 0 Å². The van der Waals surface area contributed by atoms with E-state index in [0.29, 0.717) is 0 Å². The Morgan fingerprint density at radius 3 is 2.00 bits per heavy atom. The minimum absolute atomic E-state index is 0.904. The summed E-state index contributed by atoms with van der Waals surface area (Å²) in [7, 11) is 0. The molecule has 1 aromatic carbocycles. The van der Waals surface area contributed by atoms with Crippen molar-refractivity contribution in [3.63, 3.8) is 0 Å². The summed E-state index contributed by atoms with van der Waals surface area (Å²) < 4.78 is 0. The maximum absolute atomic E-state index is 2.38. The molecule has 0 aliphatic heterocycles. The molecule has 0 radical (unpaired) electrons. The van der Waals surface area contributed by atoms with E-state index in [0.717, 1.165) is 5.92 Å². The lowest BCUT2D eigenvalue weighted by molar-refractivity contribution is 0.542. The highest BCUT2D eigenvalue weighted by molar-refractivity contribution is 5.39. The van der Waals surface area contributed by atoms with Crippen LogP contribution in [-0.2, 0) is 12.8 Å². The van der Waals surface area contributed by atoms with E-state index in [4.69, 9.17) is 0 Å². The van der Waals surface area contributed by atoms with E-state index < -0.39 is 0 Å². The van der Waals surface area contributed by atoms with E-state index in [1.165, 1.54) is 51.4 Å². The smallest absolute Gasteiger partial charge is 0.0156 e. The van der Waals surface area contributed by atoms with E-state index in [1.807, 2.05) is 0 Å². The fourth-order valence-electron chi connectivity index (χ4n) is 3.47. The molecule has 2 aliphatic carbocycles. The molecule has 0 heteroatoms. The van der Waals surface area contributed by atoms with E-state index in [9.17, 15) is 0 Å². The number of hydrogen-bond acceptors (Lipinski definition) is 0. The summed E-state index contributed by atoms with van der Waals surface area (Å²) in [5, 5.41) is 0. The van der Waals surface area contributed by atoms with Crippen molar-refractivity contribution in [1.29, 1.82) is 0 Å². The van der Waals surface area contributed by atoms with Crippen LogP contribution in [0.4, 0.5) is 0 Å². The molecule has 80 valence electrons. The second-order valence-corrected chi connectivity index (χ2v) is 5.18. The van der Waals surface area contributed by atoms with Gasteiger partial charge in [0.15, 0.2) is 0 Å². The van der Waals surface area contributed by atoms with Crippen molar-refractivity contribution in [3.05, 3.63) is 34.9 Å². The predicted octanol–water partition coefficient (Wildman–Crippen LogP) is 4.22. The zero-order chi connectivity index (χ0) is 10.1. The van der Waals surface area contributed by atoms with E-state index in [1.54, 1.807) is 16.7 Å². The van der Waals surface area contributed by atoms with Crippen molar-refractivity contribution in [2.45, 2.75) is 57.3 Å². The summed E-state index contributed by atoms with van der Waals surface area (Å²) in [5.74, 6) is 0.904. The molecule has 0 N–H and O–H groups in total. The van der Waals surface area contributed by atoms with Crippen LogP contribution in [0.15, 0.2) is 18.2 Å². The molecule has 0 saturated heterocycles.